The van der Waals surface area contributed by atoms with Crippen LogP contribution in [0.2, 0.25) is 0 Å². The van der Waals surface area contributed by atoms with E-state index in [1.165, 1.54) is 5.56 Å². The van der Waals surface area contributed by atoms with Gasteiger partial charge >= 0.3 is 0 Å². The van der Waals surface area contributed by atoms with Gasteiger partial charge in [0.05, 0.1) is 0 Å². The van der Waals surface area contributed by atoms with Gasteiger partial charge in [-0.15, -0.1) is 24.8 Å². The molecule has 0 spiro atoms. The largest absolute Gasteiger partial charge is 0.399 e. The molecule has 0 radical (unpaired) electrons. The van der Waals surface area contributed by atoms with E-state index in [4.69, 9.17) is 5.73 Å². The summed E-state index contributed by atoms with van der Waals surface area (Å²) in [5.41, 5.74) is 9.33. The Morgan fingerprint density at radius 1 is 1.19 bits per heavy atom. The Labute approximate surface area is 167 Å². The summed E-state index contributed by atoms with van der Waals surface area (Å²) in [6.45, 7) is 4.86. The monoisotopic (exact) mass is 396 g/mol. The number of likely N-dealkylation sites (tertiary alicyclic amines) is 1. The molecule has 142 valence electrons. The van der Waals surface area contributed by atoms with Gasteiger partial charge in [-0.25, -0.2) is 0 Å². The number of nitrogens with two attached hydrogens (primary N) is 1. The zero-order valence-corrected chi connectivity index (χ0v) is 16.5. The number of nitrogens with one attached hydrogen (secondary N) is 1. The van der Waals surface area contributed by atoms with Crippen LogP contribution in [0.3, 0.4) is 0 Å². The summed E-state index contributed by atoms with van der Waals surface area (Å²) in [6.07, 6.45) is 5.60. The van der Waals surface area contributed by atoms with Crippen LogP contribution in [0.15, 0.2) is 42.7 Å². The predicted octanol–water partition coefficient (Wildman–Crippen LogP) is 3.21. The van der Waals surface area contributed by atoms with E-state index in [0.29, 0.717) is 11.3 Å². The first kappa shape index (κ1) is 22.2. The van der Waals surface area contributed by atoms with E-state index in [1.54, 1.807) is 6.07 Å². The van der Waals surface area contributed by atoms with Gasteiger partial charge in [0.2, 0.25) is 0 Å². The van der Waals surface area contributed by atoms with E-state index in [1.807, 2.05) is 31.5 Å². The summed E-state index contributed by atoms with van der Waals surface area (Å²) in [5.74, 6) is -0.0209. The number of amides is 1. The van der Waals surface area contributed by atoms with Gasteiger partial charge in [-0.3, -0.25) is 14.7 Å². The third-order valence-corrected chi connectivity index (χ3v) is 4.58. The van der Waals surface area contributed by atoms with Crippen LogP contribution in [-0.4, -0.2) is 34.9 Å². The first-order valence-corrected chi connectivity index (χ1v) is 8.40. The topological polar surface area (TPSA) is 71.2 Å². The molecule has 26 heavy (non-hydrogen) atoms. The zero-order valence-electron chi connectivity index (χ0n) is 14.9. The third-order valence-electron chi connectivity index (χ3n) is 4.58. The van der Waals surface area contributed by atoms with Crippen LogP contribution >= 0.6 is 24.8 Å². The number of nitrogen functional groups attached to an aromatic ring is 1. The van der Waals surface area contributed by atoms with Crippen molar-refractivity contribution in [3.8, 4) is 0 Å². The maximum absolute atomic E-state index is 12.5. The van der Waals surface area contributed by atoms with Gasteiger partial charge in [-0.1, -0.05) is 6.07 Å². The van der Waals surface area contributed by atoms with E-state index in [2.05, 4.69) is 27.3 Å². The molecule has 1 aromatic carbocycles. The van der Waals surface area contributed by atoms with Gasteiger partial charge in [-0.2, -0.15) is 0 Å². The summed E-state index contributed by atoms with van der Waals surface area (Å²) in [7, 11) is 0. The van der Waals surface area contributed by atoms with Gasteiger partial charge in [0.25, 0.3) is 5.91 Å². The smallest absolute Gasteiger partial charge is 0.251 e. The fraction of sp³-hybridized carbons (Fsp3) is 0.368. The van der Waals surface area contributed by atoms with Crippen molar-refractivity contribution in [2.45, 2.75) is 32.4 Å². The second-order valence-corrected chi connectivity index (χ2v) is 6.45. The lowest BCUT2D eigenvalue weighted by Gasteiger charge is -2.32. The maximum Gasteiger partial charge on any atom is 0.251 e. The first-order valence-electron chi connectivity index (χ1n) is 8.40. The lowest BCUT2D eigenvalue weighted by Crippen LogP contribution is -2.44. The van der Waals surface area contributed by atoms with Gasteiger partial charge in [0.15, 0.2) is 0 Å². The SMILES string of the molecule is Cc1ccc(N)cc1C(=O)NC1CCN(Cc2ccncc2)CC1.Cl.Cl. The summed E-state index contributed by atoms with van der Waals surface area (Å²) in [5, 5.41) is 3.16. The van der Waals surface area contributed by atoms with Crippen LogP contribution in [0.25, 0.3) is 0 Å². The molecule has 1 fully saturated rings. The Morgan fingerprint density at radius 2 is 1.85 bits per heavy atom. The summed E-state index contributed by atoms with van der Waals surface area (Å²) in [6, 6.07) is 9.80. The fourth-order valence-corrected chi connectivity index (χ4v) is 3.13. The molecule has 0 saturated carbocycles. The highest BCUT2D eigenvalue weighted by Gasteiger charge is 2.21. The molecule has 0 unspecified atom stereocenters. The number of hydrogen-bond acceptors (Lipinski definition) is 4. The average molecular weight is 397 g/mol. The average Bonchev–Trinajstić information content (AvgIpc) is 2.59. The lowest BCUT2D eigenvalue weighted by atomic mass is 10.0. The van der Waals surface area contributed by atoms with E-state index in [-0.39, 0.29) is 36.8 Å². The van der Waals surface area contributed by atoms with Crippen LogP contribution < -0.4 is 11.1 Å². The van der Waals surface area contributed by atoms with Crippen molar-refractivity contribution in [3.05, 3.63) is 59.4 Å². The normalized spacial score (nSPS) is 14.8. The number of piperidine rings is 1. The van der Waals surface area contributed by atoms with E-state index in [0.717, 1.165) is 38.0 Å². The van der Waals surface area contributed by atoms with Crippen molar-refractivity contribution in [1.29, 1.82) is 0 Å². The number of hydrogen-bond donors (Lipinski definition) is 2. The molecule has 0 aliphatic carbocycles. The molecule has 0 atom stereocenters. The summed E-state index contributed by atoms with van der Waals surface area (Å²) in [4.78, 5) is 18.9. The Bertz CT molecular complexity index is 704. The molecule has 7 heteroatoms. The second-order valence-electron chi connectivity index (χ2n) is 6.45. The molecule has 1 aliphatic rings. The summed E-state index contributed by atoms with van der Waals surface area (Å²) < 4.78 is 0. The highest BCUT2D eigenvalue weighted by Crippen LogP contribution is 2.16. The minimum atomic E-state index is -0.0209. The Hall–Kier alpha value is -1.82. The molecule has 1 aromatic heterocycles. The molecule has 0 bridgehead atoms. The Kier molecular flexibility index (Phi) is 8.85. The highest BCUT2D eigenvalue weighted by molar-refractivity contribution is 5.96. The number of pyridine rings is 1. The minimum Gasteiger partial charge on any atom is -0.399 e. The molecule has 5 nitrogen and oxygen atoms in total. The fourth-order valence-electron chi connectivity index (χ4n) is 3.13. The Morgan fingerprint density at radius 3 is 2.50 bits per heavy atom. The molecule has 3 N–H and O–H groups in total. The number of carbonyl (C=O) groups is 1. The van der Waals surface area contributed by atoms with Crippen molar-refractivity contribution in [2.75, 3.05) is 18.8 Å². The van der Waals surface area contributed by atoms with Gasteiger partial charge in [-0.05, 0) is 55.2 Å². The van der Waals surface area contributed by atoms with Gasteiger partial charge in [0, 0.05) is 49.3 Å². The van der Waals surface area contributed by atoms with Crippen molar-refractivity contribution in [3.63, 3.8) is 0 Å². The number of aromatic nitrogens is 1. The van der Waals surface area contributed by atoms with Crippen LogP contribution in [0.4, 0.5) is 5.69 Å². The number of halogens is 2. The number of anilines is 1. The molecule has 1 amide bonds. The van der Waals surface area contributed by atoms with Crippen LogP contribution in [0.5, 0.6) is 0 Å². The molecule has 2 heterocycles. The lowest BCUT2D eigenvalue weighted by molar-refractivity contribution is 0.0908. The van der Waals surface area contributed by atoms with Crippen LogP contribution in [0.1, 0.15) is 34.3 Å². The Balaban J connectivity index is 0.00000169. The van der Waals surface area contributed by atoms with E-state index in [9.17, 15) is 4.79 Å². The quantitative estimate of drug-likeness (QED) is 0.778. The predicted molar refractivity (Wildman–Crippen MR) is 110 cm³/mol. The second kappa shape index (κ2) is 10.4. The highest BCUT2D eigenvalue weighted by atomic mass is 35.5. The maximum atomic E-state index is 12.5. The molecule has 1 aliphatic heterocycles. The number of aryl methyl sites for hydroxylation is 1. The third kappa shape index (κ3) is 5.87. The van der Waals surface area contributed by atoms with Crippen molar-refractivity contribution in [1.82, 2.24) is 15.2 Å². The number of rotatable bonds is 4. The van der Waals surface area contributed by atoms with E-state index < -0.39 is 0 Å². The van der Waals surface area contributed by atoms with Crippen LogP contribution in [-0.2, 0) is 6.54 Å². The molecular formula is C19H26Cl2N4O. The molecule has 3 rings (SSSR count). The number of carbonyl (C=O) groups excluding carboxylic acids is 1. The number of benzene rings is 1. The standard InChI is InChI=1S/C19H24N4O.2ClH/c1-14-2-3-16(20)12-18(14)19(24)22-17-6-10-23(11-7-17)13-15-4-8-21-9-5-15;;/h2-5,8-9,12,17H,6-7,10-11,13,20H2,1H3,(H,22,24);2*1H. The van der Waals surface area contributed by atoms with Crippen molar-refractivity contribution in [2.24, 2.45) is 0 Å². The van der Waals surface area contributed by atoms with E-state index >= 15 is 0 Å². The van der Waals surface area contributed by atoms with Crippen molar-refractivity contribution >= 4 is 36.4 Å². The molecule has 1 saturated heterocycles. The number of nitrogens with zero attached hydrogens (tertiary/aromatic N) is 2. The minimum absolute atomic E-state index is 0. The summed E-state index contributed by atoms with van der Waals surface area (Å²) >= 11 is 0. The zero-order chi connectivity index (χ0) is 16.9. The van der Waals surface area contributed by atoms with Gasteiger partial charge in [0.1, 0.15) is 0 Å². The molecular weight excluding hydrogens is 371 g/mol. The molecule has 2 aromatic rings. The van der Waals surface area contributed by atoms with Gasteiger partial charge < -0.3 is 11.1 Å². The van der Waals surface area contributed by atoms with Crippen LogP contribution in [0, 0.1) is 6.92 Å². The first-order chi connectivity index (χ1) is 11.6. The van der Waals surface area contributed by atoms with Crippen molar-refractivity contribution < 1.29 is 4.79 Å².